The van der Waals surface area contributed by atoms with E-state index >= 15 is 0 Å². The number of nitrogens with one attached hydrogen (secondary N) is 2. The van der Waals surface area contributed by atoms with Gasteiger partial charge in [0.1, 0.15) is 11.4 Å². The van der Waals surface area contributed by atoms with Crippen LogP contribution in [-0.4, -0.2) is 22.7 Å². The Balaban J connectivity index is 1.58. The Morgan fingerprint density at radius 2 is 1.86 bits per heavy atom. The van der Waals surface area contributed by atoms with Gasteiger partial charge in [-0.3, -0.25) is 4.79 Å². The van der Waals surface area contributed by atoms with E-state index in [1.807, 2.05) is 0 Å². The lowest BCUT2D eigenvalue weighted by Crippen LogP contribution is -2.24. The number of aromatic nitrogens is 2. The number of nitrogens with zero attached hydrogens (tertiary/aromatic N) is 1. The Hall–Kier alpha value is -3.49. The van der Waals surface area contributed by atoms with Gasteiger partial charge in [-0.2, -0.15) is 13.2 Å². The number of aromatic amines is 1. The Morgan fingerprint density at radius 1 is 1.11 bits per heavy atom. The van der Waals surface area contributed by atoms with Crippen LogP contribution in [-0.2, 0) is 12.7 Å². The van der Waals surface area contributed by atoms with Crippen molar-refractivity contribution in [2.45, 2.75) is 12.7 Å². The number of H-pyrrole nitrogens is 1. The number of carbonyl (C=O) groups is 1. The molecular formula is C19H14F3N3O3. The van der Waals surface area contributed by atoms with Crippen LogP contribution in [0.1, 0.15) is 21.9 Å². The Bertz CT molecular complexity index is 1020. The molecule has 28 heavy (non-hydrogen) atoms. The van der Waals surface area contributed by atoms with Gasteiger partial charge in [0.2, 0.25) is 12.6 Å². The predicted octanol–water partition coefficient (Wildman–Crippen LogP) is 3.75. The van der Waals surface area contributed by atoms with Gasteiger partial charge in [0, 0.05) is 12.1 Å². The Labute approximate surface area is 157 Å². The van der Waals surface area contributed by atoms with Gasteiger partial charge in [-0.05, 0) is 17.7 Å². The van der Waals surface area contributed by atoms with Crippen LogP contribution in [0.2, 0.25) is 0 Å². The fraction of sp³-hybridized carbons (Fsp3) is 0.158. The van der Waals surface area contributed by atoms with E-state index in [0.29, 0.717) is 17.1 Å². The fourth-order valence-corrected chi connectivity index (χ4v) is 2.80. The van der Waals surface area contributed by atoms with Crippen LogP contribution in [0, 0.1) is 0 Å². The van der Waals surface area contributed by atoms with Crippen molar-refractivity contribution >= 4 is 5.91 Å². The molecule has 0 bridgehead atoms. The van der Waals surface area contributed by atoms with Crippen molar-refractivity contribution in [3.05, 3.63) is 65.6 Å². The normalized spacial score (nSPS) is 12.8. The van der Waals surface area contributed by atoms with E-state index in [1.54, 1.807) is 48.5 Å². The van der Waals surface area contributed by atoms with Crippen LogP contribution in [0.4, 0.5) is 13.2 Å². The second kappa shape index (κ2) is 6.91. The van der Waals surface area contributed by atoms with E-state index in [0.717, 1.165) is 5.56 Å². The van der Waals surface area contributed by atoms with Gasteiger partial charge in [-0.25, -0.2) is 4.98 Å². The number of hydrogen-bond acceptors (Lipinski definition) is 4. The SMILES string of the molecule is O=C(NCc1ccc2c(c1)OCO2)c1[nH]c(C(F)(F)F)nc1-c1ccccc1. The van der Waals surface area contributed by atoms with Gasteiger partial charge in [0.15, 0.2) is 11.5 Å². The van der Waals surface area contributed by atoms with Crippen molar-refractivity contribution in [3.8, 4) is 22.8 Å². The molecule has 144 valence electrons. The number of ether oxygens (including phenoxy) is 2. The van der Waals surface area contributed by atoms with Crippen molar-refractivity contribution in [1.82, 2.24) is 15.3 Å². The highest BCUT2D eigenvalue weighted by atomic mass is 19.4. The van der Waals surface area contributed by atoms with Gasteiger partial charge in [0.25, 0.3) is 5.91 Å². The molecule has 0 saturated heterocycles. The number of amides is 1. The molecule has 3 aromatic rings. The number of hydrogen-bond donors (Lipinski definition) is 2. The molecule has 2 heterocycles. The quantitative estimate of drug-likeness (QED) is 0.713. The second-order valence-electron chi connectivity index (χ2n) is 6.04. The zero-order valence-electron chi connectivity index (χ0n) is 14.3. The lowest BCUT2D eigenvalue weighted by molar-refractivity contribution is -0.144. The number of fused-ring (bicyclic) bond motifs is 1. The summed E-state index contributed by atoms with van der Waals surface area (Å²) in [5.74, 6) is -0.762. The Kier molecular flexibility index (Phi) is 4.42. The van der Waals surface area contributed by atoms with E-state index in [-0.39, 0.29) is 24.7 Å². The molecule has 2 aromatic carbocycles. The van der Waals surface area contributed by atoms with Crippen molar-refractivity contribution < 1.29 is 27.4 Å². The van der Waals surface area contributed by atoms with Gasteiger partial charge >= 0.3 is 6.18 Å². The highest BCUT2D eigenvalue weighted by molar-refractivity contribution is 5.98. The number of benzene rings is 2. The summed E-state index contributed by atoms with van der Waals surface area (Å²) in [6, 6.07) is 13.4. The van der Waals surface area contributed by atoms with Gasteiger partial charge < -0.3 is 19.8 Å². The molecule has 1 aliphatic rings. The third-order valence-corrected chi connectivity index (χ3v) is 4.14. The van der Waals surface area contributed by atoms with Crippen molar-refractivity contribution in [2.24, 2.45) is 0 Å². The molecule has 1 aromatic heterocycles. The van der Waals surface area contributed by atoms with Crippen LogP contribution < -0.4 is 14.8 Å². The van der Waals surface area contributed by atoms with Crippen LogP contribution in [0.25, 0.3) is 11.3 Å². The molecule has 0 aliphatic carbocycles. The average molecular weight is 389 g/mol. The van der Waals surface area contributed by atoms with Crippen molar-refractivity contribution in [1.29, 1.82) is 0 Å². The van der Waals surface area contributed by atoms with Crippen LogP contribution in [0.5, 0.6) is 11.5 Å². The number of halogens is 3. The Morgan fingerprint density at radius 3 is 2.61 bits per heavy atom. The van der Waals surface area contributed by atoms with Crippen molar-refractivity contribution in [2.75, 3.05) is 6.79 Å². The minimum Gasteiger partial charge on any atom is -0.454 e. The molecule has 2 N–H and O–H groups in total. The first-order valence-electron chi connectivity index (χ1n) is 8.31. The molecule has 0 fully saturated rings. The van der Waals surface area contributed by atoms with Gasteiger partial charge in [0.05, 0.1) is 0 Å². The highest BCUT2D eigenvalue weighted by Crippen LogP contribution is 2.33. The maximum Gasteiger partial charge on any atom is 0.449 e. The minimum absolute atomic E-state index is 0.0592. The van der Waals surface area contributed by atoms with E-state index in [2.05, 4.69) is 15.3 Å². The standard InChI is InChI=1S/C19H14F3N3O3/c20-19(21,22)18-24-15(12-4-2-1-3-5-12)16(25-18)17(26)23-9-11-6-7-13-14(8-11)28-10-27-13/h1-8H,9-10H2,(H,23,26)(H,24,25). The zero-order valence-corrected chi connectivity index (χ0v) is 14.3. The summed E-state index contributed by atoms with van der Waals surface area (Å²) in [5, 5.41) is 2.61. The monoisotopic (exact) mass is 389 g/mol. The zero-order chi connectivity index (χ0) is 19.7. The molecule has 4 rings (SSSR count). The molecule has 0 unspecified atom stereocenters. The molecule has 6 nitrogen and oxygen atoms in total. The number of imidazole rings is 1. The first-order chi connectivity index (χ1) is 13.4. The molecule has 1 aliphatic heterocycles. The topological polar surface area (TPSA) is 76.2 Å². The molecule has 1 amide bonds. The largest absolute Gasteiger partial charge is 0.454 e. The summed E-state index contributed by atoms with van der Waals surface area (Å²) in [6.45, 7) is 0.226. The lowest BCUT2D eigenvalue weighted by Gasteiger charge is -2.07. The summed E-state index contributed by atoms with van der Waals surface area (Å²) in [4.78, 5) is 18.3. The van der Waals surface area contributed by atoms with Crippen LogP contribution in [0.3, 0.4) is 0 Å². The maximum absolute atomic E-state index is 13.1. The number of carbonyl (C=O) groups excluding carboxylic acids is 1. The molecule has 9 heteroatoms. The highest BCUT2D eigenvalue weighted by Gasteiger charge is 2.37. The van der Waals surface area contributed by atoms with Crippen LogP contribution >= 0.6 is 0 Å². The van der Waals surface area contributed by atoms with E-state index in [9.17, 15) is 18.0 Å². The third kappa shape index (κ3) is 3.51. The number of alkyl halides is 3. The fourth-order valence-electron chi connectivity index (χ4n) is 2.80. The van der Waals surface area contributed by atoms with E-state index in [1.165, 1.54) is 0 Å². The summed E-state index contributed by atoms with van der Waals surface area (Å²) in [6.07, 6.45) is -4.70. The molecule has 0 atom stereocenters. The first-order valence-corrected chi connectivity index (χ1v) is 8.31. The molecule has 0 saturated carbocycles. The van der Waals surface area contributed by atoms with E-state index in [4.69, 9.17) is 9.47 Å². The summed E-state index contributed by atoms with van der Waals surface area (Å²) in [5.41, 5.74) is 0.812. The molecule has 0 spiro atoms. The number of rotatable bonds is 4. The van der Waals surface area contributed by atoms with E-state index < -0.39 is 17.9 Å². The van der Waals surface area contributed by atoms with Gasteiger partial charge in [-0.15, -0.1) is 0 Å². The molecule has 0 radical (unpaired) electrons. The van der Waals surface area contributed by atoms with Crippen LogP contribution in [0.15, 0.2) is 48.5 Å². The minimum atomic E-state index is -4.70. The first kappa shape index (κ1) is 17.9. The molecular weight excluding hydrogens is 375 g/mol. The summed E-state index contributed by atoms with van der Waals surface area (Å²) >= 11 is 0. The van der Waals surface area contributed by atoms with Gasteiger partial charge in [-0.1, -0.05) is 36.4 Å². The predicted molar refractivity (Wildman–Crippen MR) is 92.8 cm³/mol. The third-order valence-electron chi connectivity index (χ3n) is 4.14. The summed E-state index contributed by atoms with van der Waals surface area (Å²) < 4.78 is 49.8. The smallest absolute Gasteiger partial charge is 0.449 e. The summed E-state index contributed by atoms with van der Waals surface area (Å²) in [7, 11) is 0. The van der Waals surface area contributed by atoms with Crippen molar-refractivity contribution in [3.63, 3.8) is 0 Å². The second-order valence-corrected chi connectivity index (χ2v) is 6.04. The average Bonchev–Trinajstić information content (AvgIpc) is 3.33. The lowest BCUT2D eigenvalue weighted by atomic mass is 10.1. The maximum atomic E-state index is 13.1.